The van der Waals surface area contributed by atoms with Crippen LogP contribution in [-0.2, 0) is 48.0 Å². The molecule has 0 aliphatic carbocycles. The molecule has 0 saturated carbocycles. The number of hydrogen-bond acceptors (Lipinski definition) is 22. The molecule has 0 aromatic carbocycles. The van der Waals surface area contributed by atoms with Crippen molar-refractivity contribution in [3.63, 3.8) is 0 Å². The van der Waals surface area contributed by atoms with Crippen molar-refractivity contribution < 1.29 is 19.1 Å². The first-order chi connectivity index (χ1) is 38.1. The lowest BCUT2D eigenvalue weighted by atomic mass is 10.2. The van der Waals surface area contributed by atoms with Gasteiger partial charge in [0.15, 0.2) is 0 Å². The molecule has 10 N–H and O–H groups in total. The van der Waals surface area contributed by atoms with Crippen molar-refractivity contribution in [3.05, 3.63) is 154 Å². The number of aromatic nitrogens is 6. The molecule has 0 unspecified atom stereocenters. The van der Waals surface area contributed by atoms with Crippen LogP contribution in [-0.4, -0.2) is 97.3 Å². The Kier molecular flexibility index (Phi) is 35.0. The first-order valence-corrected chi connectivity index (χ1v) is 31.3. The van der Waals surface area contributed by atoms with Gasteiger partial charge in [-0.25, -0.2) is 9.59 Å². The molecule has 0 aliphatic rings. The molecular formula is C56H80N12O6S6. The quantitative estimate of drug-likeness (QED) is 0.0200. The van der Waals surface area contributed by atoms with E-state index in [-0.39, 0.29) is 4.75 Å². The van der Waals surface area contributed by atoms with Gasteiger partial charge in [-0.1, -0.05) is 63.9 Å². The number of nitrogens with two attached hydrogens (primary N) is 4. The molecule has 0 bridgehead atoms. The second kappa shape index (κ2) is 39.4. The minimum absolute atomic E-state index is 0.229. The first kappa shape index (κ1) is 71.1. The second-order valence-electron chi connectivity index (χ2n) is 19.8. The van der Waals surface area contributed by atoms with Crippen LogP contribution in [0.4, 0.5) is 9.59 Å². The zero-order valence-corrected chi connectivity index (χ0v) is 52.3. The SMILES string of the molecule is CC(C)(C)OC(=O)NCCc1ncccc1SSc1cccnc1CCNC(=O)OC(C)(C)C.CC(C)(C)Sc1cccnc1CCN.NCCc1ncccc1S.NCCc1ncccc1SSc1cccnc1CCN.O=O. The van der Waals surface area contributed by atoms with Gasteiger partial charge >= 0.3 is 12.2 Å². The van der Waals surface area contributed by atoms with Gasteiger partial charge in [-0.15, -0.1) is 24.4 Å². The molecule has 0 spiro atoms. The molecule has 24 heteroatoms. The predicted molar refractivity (Wildman–Crippen MR) is 335 cm³/mol. The number of carbonyl (C=O) groups excluding carboxylic acids is 2. The molecule has 6 heterocycles. The molecule has 2 amide bonds. The fourth-order valence-corrected chi connectivity index (χ4v) is 12.5. The smallest absolute Gasteiger partial charge is 0.407 e. The number of carbonyl (C=O) groups is 2. The van der Waals surface area contributed by atoms with Crippen molar-refractivity contribution in [3.8, 4) is 0 Å². The van der Waals surface area contributed by atoms with Gasteiger partial charge in [0.1, 0.15) is 11.2 Å². The second-order valence-corrected chi connectivity index (χ2v) is 26.5. The van der Waals surface area contributed by atoms with Crippen LogP contribution >= 0.6 is 67.6 Å². The zero-order valence-electron chi connectivity index (χ0n) is 47.3. The first-order valence-electron chi connectivity index (χ1n) is 25.8. The zero-order chi connectivity index (χ0) is 59.4. The highest BCUT2D eigenvalue weighted by molar-refractivity contribution is 8.77. The molecule has 80 heavy (non-hydrogen) atoms. The van der Waals surface area contributed by atoms with Gasteiger partial charge in [-0.2, -0.15) is 0 Å². The van der Waals surface area contributed by atoms with Crippen LogP contribution in [0.1, 0.15) is 96.5 Å². The van der Waals surface area contributed by atoms with E-state index < -0.39 is 23.4 Å². The fraction of sp³-hybridized carbons (Fsp3) is 0.429. The number of nitrogens with zero attached hydrogens (tertiary/aromatic N) is 6. The summed E-state index contributed by atoms with van der Waals surface area (Å²) in [6.07, 6.45) is 14.3. The summed E-state index contributed by atoms with van der Waals surface area (Å²) in [5.74, 6) is 0. The average Bonchev–Trinajstić information content (AvgIpc) is 3.41. The molecule has 0 saturated heterocycles. The van der Waals surface area contributed by atoms with E-state index >= 15 is 0 Å². The Labute approximate surface area is 498 Å². The van der Waals surface area contributed by atoms with Crippen LogP contribution in [0.15, 0.2) is 139 Å². The molecule has 6 aromatic rings. The van der Waals surface area contributed by atoms with Crippen LogP contribution < -0.4 is 33.6 Å². The number of nitrogens with one attached hydrogen (secondary N) is 2. The summed E-state index contributed by atoms with van der Waals surface area (Å²) in [5.41, 5.74) is 27.1. The van der Waals surface area contributed by atoms with E-state index in [1.54, 1.807) is 61.8 Å². The van der Waals surface area contributed by atoms with Crippen molar-refractivity contribution in [2.75, 3.05) is 39.3 Å². The topological polar surface area (TPSA) is 292 Å². The summed E-state index contributed by atoms with van der Waals surface area (Å²) in [6.45, 7) is 21.0. The Balaban J connectivity index is 0.000000399. The Hall–Kier alpha value is -5.02. The monoisotopic (exact) mass is 1210 g/mol. The van der Waals surface area contributed by atoms with Gasteiger partial charge < -0.3 is 43.0 Å². The molecular weight excluding hydrogens is 1130 g/mol. The summed E-state index contributed by atoms with van der Waals surface area (Å²) in [5, 5.41) is 5.54. The van der Waals surface area contributed by atoms with Crippen molar-refractivity contribution >= 4 is 79.8 Å². The molecule has 6 rings (SSSR count). The lowest BCUT2D eigenvalue weighted by molar-refractivity contribution is 0.0516. The van der Waals surface area contributed by atoms with Gasteiger partial charge in [0, 0.05) is 133 Å². The lowest BCUT2D eigenvalue weighted by Gasteiger charge is -2.19. The third-order valence-electron chi connectivity index (χ3n) is 9.55. The molecule has 0 fully saturated rings. The van der Waals surface area contributed by atoms with E-state index in [4.69, 9.17) is 42.3 Å². The number of thiol groups is 1. The van der Waals surface area contributed by atoms with Crippen LogP contribution in [0.25, 0.3) is 0 Å². The standard InChI is InChI=1S/C24H34N4O4S2.C14H18N4S2.C11H18N2S.C7H10N2S.O2/c1-23(2,3)31-21(29)27-15-11-17-19(9-7-13-25-17)33-34-20-10-8-14-26-18(20)12-16-28-22(30)32-24(4,5)6;15-7-5-11-13(3-1-9-17-11)19-20-14-4-2-10-18-12(14)6-8-16;1-11(2,3)14-10-5-4-8-13-9(10)6-7-12;8-4-3-6-7(10)2-1-5-9-6;1-2/h7-10,13-14H,11-12,15-16H2,1-6H3,(H,27,29)(H,28,30);1-4,9-10H,5-8,15-16H2;4-5,8H,6-7,12H2,1-3H3;1-2,5,10H,3-4,8H2;. The number of rotatable bonds is 21. The highest BCUT2D eigenvalue weighted by Crippen LogP contribution is 2.41. The summed E-state index contributed by atoms with van der Waals surface area (Å²) < 4.78 is 10.8. The Morgan fingerprint density at radius 1 is 0.438 bits per heavy atom. The normalized spacial score (nSPS) is 10.9. The van der Waals surface area contributed by atoms with Crippen LogP contribution in [0, 0.1) is 9.93 Å². The van der Waals surface area contributed by atoms with Crippen LogP contribution in [0.3, 0.4) is 0 Å². The van der Waals surface area contributed by atoms with Gasteiger partial charge in [0.05, 0.1) is 34.2 Å². The predicted octanol–water partition coefficient (Wildman–Crippen LogP) is 11.1. The molecule has 0 aliphatic heterocycles. The Bertz CT molecular complexity index is 2590. The van der Waals surface area contributed by atoms with Crippen molar-refractivity contribution in [2.24, 2.45) is 22.9 Å². The van der Waals surface area contributed by atoms with Crippen LogP contribution in [0.2, 0.25) is 0 Å². The number of alkyl carbamates (subject to hydrolysis) is 2. The van der Waals surface area contributed by atoms with Crippen molar-refractivity contribution in [1.29, 1.82) is 0 Å². The number of amides is 2. The molecule has 18 nitrogen and oxygen atoms in total. The van der Waals surface area contributed by atoms with Gasteiger partial charge in [0.2, 0.25) is 0 Å². The fourth-order valence-electron chi connectivity index (χ4n) is 6.32. The minimum Gasteiger partial charge on any atom is -0.444 e. The summed E-state index contributed by atoms with van der Waals surface area (Å²) in [4.78, 5) is 70.5. The Morgan fingerprint density at radius 3 is 0.988 bits per heavy atom. The summed E-state index contributed by atoms with van der Waals surface area (Å²) in [6, 6.07) is 23.7. The van der Waals surface area contributed by atoms with E-state index in [1.807, 2.05) is 126 Å². The van der Waals surface area contributed by atoms with E-state index in [1.165, 1.54) is 4.90 Å². The van der Waals surface area contributed by atoms with Crippen molar-refractivity contribution in [2.45, 2.75) is 146 Å². The molecule has 0 radical (unpaired) electrons. The largest absolute Gasteiger partial charge is 0.444 e. The highest BCUT2D eigenvalue weighted by Gasteiger charge is 2.19. The maximum Gasteiger partial charge on any atom is 0.407 e. The molecule has 0 atom stereocenters. The van der Waals surface area contributed by atoms with Crippen molar-refractivity contribution in [1.82, 2.24) is 40.5 Å². The van der Waals surface area contributed by atoms with E-state index in [2.05, 4.69) is 92.1 Å². The van der Waals surface area contributed by atoms with Gasteiger partial charge in [0.25, 0.3) is 0 Å². The number of hydrogen-bond donors (Lipinski definition) is 7. The van der Waals surface area contributed by atoms with E-state index in [0.29, 0.717) is 52.1 Å². The van der Waals surface area contributed by atoms with Gasteiger partial charge in [-0.05, 0) is 141 Å². The maximum absolute atomic E-state index is 11.9. The number of thioether (sulfide) groups is 1. The molecule has 436 valence electrons. The third-order valence-corrected chi connectivity index (χ3v) is 16.2. The van der Waals surface area contributed by atoms with Gasteiger partial charge in [-0.3, -0.25) is 29.9 Å². The third kappa shape index (κ3) is 31.3. The highest BCUT2D eigenvalue weighted by atomic mass is 33.1. The minimum atomic E-state index is -0.531. The van der Waals surface area contributed by atoms with Crippen LogP contribution in [0.5, 0.6) is 0 Å². The summed E-state index contributed by atoms with van der Waals surface area (Å²) in [7, 11) is 6.57. The average molecular weight is 1210 g/mol. The van der Waals surface area contributed by atoms with E-state index in [0.717, 1.165) is 84.3 Å². The molecule has 6 aromatic heterocycles. The summed E-state index contributed by atoms with van der Waals surface area (Å²) >= 11 is 6.06. The van der Waals surface area contributed by atoms with E-state index in [9.17, 15) is 9.59 Å². The Morgan fingerprint density at radius 2 is 0.700 bits per heavy atom. The number of pyridine rings is 6. The maximum atomic E-state index is 11.9. The number of ether oxygens (including phenoxy) is 2. The lowest BCUT2D eigenvalue weighted by Crippen LogP contribution is -2.33.